The van der Waals surface area contributed by atoms with Gasteiger partial charge in [0.2, 0.25) is 0 Å². The first kappa shape index (κ1) is 14.7. The van der Waals surface area contributed by atoms with Gasteiger partial charge in [-0.3, -0.25) is 4.68 Å². The van der Waals surface area contributed by atoms with Crippen LogP contribution in [0.5, 0.6) is 0 Å². The molecule has 0 aliphatic rings. The molecule has 0 radical (unpaired) electrons. The Hall–Kier alpha value is -1.68. The van der Waals surface area contributed by atoms with Crippen LogP contribution in [0.25, 0.3) is 0 Å². The standard InChI is InChI=1S/C16H22FN3/c1-3-15(4-2)20-10-9-14(19-20)12-18-11-13-7-5-6-8-16(13)17/h5-10,15,18H,3-4,11-12H2,1-2H3. The Labute approximate surface area is 119 Å². The Morgan fingerprint density at radius 3 is 2.60 bits per heavy atom. The number of nitrogens with zero attached hydrogens (tertiary/aromatic N) is 2. The van der Waals surface area contributed by atoms with Gasteiger partial charge in [0.15, 0.2) is 0 Å². The normalized spacial score (nSPS) is 11.2. The second-order valence-electron chi connectivity index (χ2n) is 4.95. The Kier molecular flexibility index (Phi) is 5.30. The summed E-state index contributed by atoms with van der Waals surface area (Å²) in [4.78, 5) is 0. The minimum Gasteiger partial charge on any atom is -0.307 e. The van der Waals surface area contributed by atoms with Crippen LogP contribution in [0.4, 0.5) is 4.39 Å². The molecule has 2 rings (SSSR count). The van der Waals surface area contributed by atoms with Gasteiger partial charge in [-0.25, -0.2) is 4.39 Å². The second kappa shape index (κ2) is 7.20. The average molecular weight is 275 g/mol. The van der Waals surface area contributed by atoms with Crippen molar-refractivity contribution in [1.29, 1.82) is 0 Å². The van der Waals surface area contributed by atoms with E-state index in [-0.39, 0.29) is 5.82 Å². The highest BCUT2D eigenvalue weighted by atomic mass is 19.1. The summed E-state index contributed by atoms with van der Waals surface area (Å²) in [7, 11) is 0. The van der Waals surface area contributed by atoms with E-state index in [9.17, 15) is 4.39 Å². The van der Waals surface area contributed by atoms with Crippen molar-refractivity contribution in [1.82, 2.24) is 15.1 Å². The number of hydrogen-bond acceptors (Lipinski definition) is 2. The number of rotatable bonds is 7. The molecule has 3 nitrogen and oxygen atoms in total. The topological polar surface area (TPSA) is 29.9 Å². The number of hydrogen-bond donors (Lipinski definition) is 1. The molecule has 0 saturated carbocycles. The zero-order valence-electron chi connectivity index (χ0n) is 12.1. The van der Waals surface area contributed by atoms with Crippen LogP contribution < -0.4 is 5.32 Å². The van der Waals surface area contributed by atoms with Crippen LogP contribution in [0.15, 0.2) is 36.5 Å². The van der Waals surface area contributed by atoms with Gasteiger partial charge in [-0.1, -0.05) is 32.0 Å². The van der Waals surface area contributed by atoms with Crippen molar-refractivity contribution in [2.45, 2.75) is 45.8 Å². The van der Waals surface area contributed by atoms with E-state index in [2.05, 4.69) is 24.3 Å². The van der Waals surface area contributed by atoms with Crippen LogP contribution >= 0.6 is 0 Å². The quantitative estimate of drug-likeness (QED) is 0.835. The molecular weight excluding hydrogens is 253 g/mol. The molecule has 20 heavy (non-hydrogen) atoms. The number of benzene rings is 1. The third kappa shape index (κ3) is 3.67. The van der Waals surface area contributed by atoms with Crippen molar-refractivity contribution in [2.24, 2.45) is 0 Å². The predicted molar refractivity (Wildman–Crippen MR) is 78.8 cm³/mol. The largest absolute Gasteiger partial charge is 0.307 e. The summed E-state index contributed by atoms with van der Waals surface area (Å²) >= 11 is 0. The zero-order chi connectivity index (χ0) is 14.4. The molecule has 0 aliphatic carbocycles. The Balaban J connectivity index is 1.87. The van der Waals surface area contributed by atoms with Crippen molar-refractivity contribution < 1.29 is 4.39 Å². The van der Waals surface area contributed by atoms with Crippen LogP contribution in [0, 0.1) is 5.82 Å². The zero-order valence-corrected chi connectivity index (χ0v) is 12.1. The molecule has 0 spiro atoms. The molecular formula is C16H22FN3. The summed E-state index contributed by atoms with van der Waals surface area (Å²) in [6.45, 7) is 5.52. The highest BCUT2D eigenvalue weighted by molar-refractivity contribution is 5.17. The molecule has 0 atom stereocenters. The number of nitrogens with one attached hydrogen (secondary N) is 1. The lowest BCUT2D eigenvalue weighted by atomic mass is 10.2. The maximum Gasteiger partial charge on any atom is 0.127 e. The molecule has 0 bridgehead atoms. The fourth-order valence-electron chi connectivity index (χ4n) is 2.30. The van der Waals surface area contributed by atoms with E-state index < -0.39 is 0 Å². The van der Waals surface area contributed by atoms with Crippen LogP contribution in [-0.2, 0) is 13.1 Å². The maximum atomic E-state index is 13.5. The lowest BCUT2D eigenvalue weighted by molar-refractivity contribution is 0.424. The van der Waals surface area contributed by atoms with E-state index in [1.54, 1.807) is 12.1 Å². The molecule has 0 unspecified atom stereocenters. The van der Waals surface area contributed by atoms with Gasteiger partial charge in [0.1, 0.15) is 5.82 Å². The third-order valence-electron chi connectivity index (χ3n) is 3.56. The molecule has 0 amide bonds. The summed E-state index contributed by atoms with van der Waals surface area (Å²) in [6.07, 6.45) is 4.19. The van der Waals surface area contributed by atoms with Crippen molar-refractivity contribution in [3.05, 3.63) is 53.6 Å². The predicted octanol–water partition coefficient (Wildman–Crippen LogP) is 3.67. The fourth-order valence-corrected chi connectivity index (χ4v) is 2.30. The number of halogens is 1. The van der Waals surface area contributed by atoms with Gasteiger partial charge in [-0.05, 0) is 25.0 Å². The van der Waals surface area contributed by atoms with E-state index in [0.29, 0.717) is 24.7 Å². The SMILES string of the molecule is CCC(CC)n1ccc(CNCc2ccccc2F)n1. The molecule has 0 saturated heterocycles. The van der Waals surface area contributed by atoms with Crippen molar-refractivity contribution in [3.8, 4) is 0 Å². The Morgan fingerprint density at radius 1 is 1.15 bits per heavy atom. The summed E-state index contributed by atoms with van der Waals surface area (Å²) in [5, 5.41) is 7.80. The Morgan fingerprint density at radius 2 is 1.90 bits per heavy atom. The first-order valence-electron chi connectivity index (χ1n) is 7.22. The van der Waals surface area contributed by atoms with Gasteiger partial charge >= 0.3 is 0 Å². The molecule has 1 aromatic carbocycles. The van der Waals surface area contributed by atoms with Gasteiger partial charge in [0, 0.05) is 24.8 Å². The van der Waals surface area contributed by atoms with Crippen LogP contribution in [0.1, 0.15) is 44.0 Å². The summed E-state index contributed by atoms with van der Waals surface area (Å²) in [6, 6.07) is 9.32. The Bertz CT molecular complexity index is 532. The summed E-state index contributed by atoms with van der Waals surface area (Å²) < 4.78 is 15.5. The molecule has 1 aromatic heterocycles. The van der Waals surface area contributed by atoms with E-state index in [0.717, 1.165) is 18.5 Å². The minimum absolute atomic E-state index is 0.164. The van der Waals surface area contributed by atoms with Gasteiger partial charge in [0.05, 0.1) is 11.7 Å². The molecule has 1 N–H and O–H groups in total. The monoisotopic (exact) mass is 275 g/mol. The van der Waals surface area contributed by atoms with Crippen molar-refractivity contribution >= 4 is 0 Å². The van der Waals surface area contributed by atoms with Gasteiger partial charge in [0.25, 0.3) is 0 Å². The molecule has 0 aliphatic heterocycles. The molecule has 2 aromatic rings. The van der Waals surface area contributed by atoms with Crippen LogP contribution in [-0.4, -0.2) is 9.78 Å². The van der Waals surface area contributed by atoms with E-state index in [4.69, 9.17) is 0 Å². The molecule has 108 valence electrons. The first-order chi connectivity index (χ1) is 9.74. The molecule has 1 heterocycles. The van der Waals surface area contributed by atoms with Crippen molar-refractivity contribution in [3.63, 3.8) is 0 Å². The van der Waals surface area contributed by atoms with E-state index in [1.807, 2.05) is 23.0 Å². The average Bonchev–Trinajstić information content (AvgIpc) is 2.91. The second-order valence-corrected chi connectivity index (χ2v) is 4.95. The highest BCUT2D eigenvalue weighted by Gasteiger charge is 2.07. The van der Waals surface area contributed by atoms with Crippen molar-refractivity contribution in [2.75, 3.05) is 0 Å². The minimum atomic E-state index is -0.164. The molecule has 0 fully saturated rings. The maximum absolute atomic E-state index is 13.5. The highest BCUT2D eigenvalue weighted by Crippen LogP contribution is 2.14. The fraction of sp³-hybridized carbons (Fsp3) is 0.438. The van der Waals surface area contributed by atoms with Gasteiger partial charge in [-0.15, -0.1) is 0 Å². The van der Waals surface area contributed by atoms with Crippen LogP contribution in [0.2, 0.25) is 0 Å². The first-order valence-corrected chi connectivity index (χ1v) is 7.22. The third-order valence-corrected chi connectivity index (χ3v) is 3.56. The van der Waals surface area contributed by atoms with E-state index in [1.165, 1.54) is 6.07 Å². The smallest absolute Gasteiger partial charge is 0.127 e. The summed E-state index contributed by atoms with van der Waals surface area (Å²) in [5.41, 5.74) is 1.68. The lowest BCUT2D eigenvalue weighted by Gasteiger charge is -2.12. The van der Waals surface area contributed by atoms with E-state index >= 15 is 0 Å². The lowest BCUT2D eigenvalue weighted by Crippen LogP contribution is -2.15. The van der Waals surface area contributed by atoms with Gasteiger partial charge < -0.3 is 5.32 Å². The molecule has 4 heteroatoms. The number of aromatic nitrogens is 2. The van der Waals surface area contributed by atoms with Gasteiger partial charge in [-0.2, -0.15) is 5.10 Å². The van der Waals surface area contributed by atoms with Crippen LogP contribution in [0.3, 0.4) is 0 Å². The summed E-state index contributed by atoms with van der Waals surface area (Å²) in [5.74, 6) is -0.164.